The van der Waals surface area contributed by atoms with Crippen molar-refractivity contribution in [1.82, 2.24) is 5.32 Å². The molecule has 0 radical (unpaired) electrons. The largest absolute Gasteiger partial charge is 0.336 e. The summed E-state index contributed by atoms with van der Waals surface area (Å²) in [4.78, 5) is 11.8. The standard InChI is InChI=1S/C12H13BrN2O/c1-8(2)11(7-14)15-12(16)9-4-3-5-10(13)6-9/h3-6,8,11H,1-2H3,(H,15,16). The molecule has 1 amide bonds. The lowest BCUT2D eigenvalue weighted by molar-refractivity contribution is 0.0937. The quantitative estimate of drug-likeness (QED) is 0.926. The van der Waals surface area contributed by atoms with E-state index < -0.39 is 6.04 Å². The first-order chi connectivity index (χ1) is 7.54. The molecule has 0 saturated carbocycles. The summed E-state index contributed by atoms with van der Waals surface area (Å²) in [6, 6.07) is 8.70. The van der Waals surface area contributed by atoms with Gasteiger partial charge in [0.15, 0.2) is 0 Å². The van der Waals surface area contributed by atoms with Gasteiger partial charge in [-0.15, -0.1) is 0 Å². The first-order valence-corrected chi connectivity index (χ1v) is 5.80. The van der Waals surface area contributed by atoms with Crippen molar-refractivity contribution in [1.29, 1.82) is 5.26 Å². The molecule has 1 aromatic carbocycles. The van der Waals surface area contributed by atoms with Crippen LogP contribution in [0.25, 0.3) is 0 Å². The average molecular weight is 281 g/mol. The Hall–Kier alpha value is -1.34. The van der Waals surface area contributed by atoms with Crippen LogP contribution in [0.5, 0.6) is 0 Å². The van der Waals surface area contributed by atoms with Crippen molar-refractivity contribution in [3.05, 3.63) is 34.3 Å². The van der Waals surface area contributed by atoms with E-state index in [0.717, 1.165) is 4.47 Å². The highest BCUT2D eigenvalue weighted by Gasteiger charge is 2.16. The second-order valence-electron chi connectivity index (χ2n) is 3.83. The van der Waals surface area contributed by atoms with E-state index in [1.54, 1.807) is 18.2 Å². The van der Waals surface area contributed by atoms with Crippen LogP contribution in [-0.2, 0) is 0 Å². The summed E-state index contributed by atoms with van der Waals surface area (Å²) in [6.45, 7) is 3.80. The Morgan fingerprint density at radius 1 is 1.50 bits per heavy atom. The summed E-state index contributed by atoms with van der Waals surface area (Å²) in [5.74, 6) is -0.123. The van der Waals surface area contributed by atoms with Crippen LogP contribution in [0.3, 0.4) is 0 Å². The molecule has 0 spiro atoms. The van der Waals surface area contributed by atoms with Gasteiger partial charge in [-0.2, -0.15) is 5.26 Å². The summed E-state index contributed by atoms with van der Waals surface area (Å²) in [6.07, 6.45) is 0. The molecule has 1 rings (SSSR count). The molecule has 16 heavy (non-hydrogen) atoms. The predicted octanol–water partition coefficient (Wildman–Crippen LogP) is 2.73. The lowest BCUT2D eigenvalue weighted by atomic mass is 10.1. The number of hydrogen-bond acceptors (Lipinski definition) is 2. The lowest BCUT2D eigenvalue weighted by Crippen LogP contribution is -2.37. The molecule has 3 nitrogen and oxygen atoms in total. The van der Waals surface area contributed by atoms with Gasteiger partial charge in [-0.25, -0.2) is 0 Å². The highest BCUT2D eigenvalue weighted by atomic mass is 79.9. The van der Waals surface area contributed by atoms with Gasteiger partial charge >= 0.3 is 0 Å². The normalized spacial score (nSPS) is 11.9. The van der Waals surface area contributed by atoms with E-state index in [2.05, 4.69) is 27.3 Å². The van der Waals surface area contributed by atoms with Crippen molar-refractivity contribution >= 4 is 21.8 Å². The third kappa shape index (κ3) is 3.35. The second kappa shape index (κ2) is 5.66. The minimum Gasteiger partial charge on any atom is -0.336 e. The summed E-state index contributed by atoms with van der Waals surface area (Å²) in [5.41, 5.74) is 0.551. The summed E-state index contributed by atoms with van der Waals surface area (Å²) < 4.78 is 0.846. The maximum absolute atomic E-state index is 11.8. The molecule has 0 aromatic heterocycles. The predicted molar refractivity (Wildman–Crippen MR) is 65.8 cm³/mol. The Balaban J connectivity index is 2.77. The fourth-order valence-electron chi connectivity index (χ4n) is 1.20. The van der Waals surface area contributed by atoms with Crippen LogP contribution < -0.4 is 5.32 Å². The molecule has 84 valence electrons. The van der Waals surface area contributed by atoms with Crippen LogP contribution in [-0.4, -0.2) is 11.9 Å². The van der Waals surface area contributed by atoms with Gasteiger partial charge in [0.1, 0.15) is 6.04 Å². The molecule has 0 heterocycles. The van der Waals surface area contributed by atoms with Gasteiger partial charge in [-0.05, 0) is 24.1 Å². The Kier molecular flexibility index (Phi) is 4.51. The molecular formula is C12H13BrN2O. The number of nitrogens with zero attached hydrogens (tertiary/aromatic N) is 1. The van der Waals surface area contributed by atoms with Gasteiger partial charge in [0, 0.05) is 10.0 Å². The highest BCUT2D eigenvalue weighted by Crippen LogP contribution is 2.12. The number of nitrogens with one attached hydrogen (secondary N) is 1. The first-order valence-electron chi connectivity index (χ1n) is 5.00. The number of hydrogen-bond donors (Lipinski definition) is 1. The fraction of sp³-hybridized carbons (Fsp3) is 0.333. The highest BCUT2D eigenvalue weighted by molar-refractivity contribution is 9.10. The molecule has 0 bridgehead atoms. The first kappa shape index (κ1) is 12.7. The molecular weight excluding hydrogens is 268 g/mol. The van der Waals surface area contributed by atoms with E-state index in [4.69, 9.17) is 5.26 Å². The number of halogens is 1. The Morgan fingerprint density at radius 3 is 2.69 bits per heavy atom. The minimum atomic E-state index is -0.452. The molecule has 0 fully saturated rings. The van der Waals surface area contributed by atoms with Crippen molar-refractivity contribution in [3.8, 4) is 6.07 Å². The van der Waals surface area contributed by atoms with Crippen molar-refractivity contribution in [3.63, 3.8) is 0 Å². The van der Waals surface area contributed by atoms with Gasteiger partial charge in [-0.3, -0.25) is 4.79 Å². The Labute approximate surface area is 104 Å². The number of rotatable bonds is 3. The molecule has 0 aliphatic carbocycles. The topological polar surface area (TPSA) is 52.9 Å². The SMILES string of the molecule is CC(C)C(C#N)NC(=O)c1cccc(Br)c1. The van der Waals surface area contributed by atoms with E-state index in [1.165, 1.54) is 0 Å². The number of benzene rings is 1. The molecule has 0 aliphatic heterocycles. The monoisotopic (exact) mass is 280 g/mol. The van der Waals surface area contributed by atoms with Crippen molar-refractivity contribution < 1.29 is 4.79 Å². The van der Waals surface area contributed by atoms with E-state index >= 15 is 0 Å². The van der Waals surface area contributed by atoms with Crippen LogP contribution in [0, 0.1) is 17.2 Å². The van der Waals surface area contributed by atoms with E-state index in [9.17, 15) is 4.79 Å². The van der Waals surface area contributed by atoms with Crippen LogP contribution in [0.4, 0.5) is 0 Å². The van der Waals surface area contributed by atoms with E-state index in [1.807, 2.05) is 19.9 Å². The number of carbonyl (C=O) groups excluding carboxylic acids is 1. The van der Waals surface area contributed by atoms with Crippen LogP contribution in [0.2, 0.25) is 0 Å². The summed E-state index contributed by atoms with van der Waals surface area (Å²) >= 11 is 3.30. The Morgan fingerprint density at radius 2 is 2.19 bits per heavy atom. The molecule has 1 N–H and O–H groups in total. The zero-order valence-electron chi connectivity index (χ0n) is 9.20. The average Bonchev–Trinajstić information content (AvgIpc) is 2.25. The number of nitriles is 1. The molecule has 1 unspecified atom stereocenters. The van der Waals surface area contributed by atoms with E-state index in [-0.39, 0.29) is 11.8 Å². The summed E-state index contributed by atoms with van der Waals surface area (Å²) in [5, 5.41) is 11.6. The molecule has 0 aliphatic rings. The van der Waals surface area contributed by atoms with Gasteiger partial charge in [-0.1, -0.05) is 35.8 Å². The van der Waals surface area contributed by atoms with E-state index in [0.29, 0.717) is 5.56 Å². The van der Waals surface area contributed by atoms with Crippen LogP contribution in [0.1, 0.15) is 24.2 Å². The van der Waals surface area contributed by atoms with Crippen LogP contribution in [0.15, 0.2) is 28.7 Å². The van der Waals surface area contributed by atoms with Crippen molar-refractivity contribution in [2.75, 3.05) is 0 Å². The molecule has 1 aromatic rings. The zero-order valence-corrected chi connectivity index (χ0v) is 10.8. The van der Waals surface area contributed by atoms with Crippen molar-refractivity contribution in [2.24, 2.45) is 5.92 Å². The van der Waals surface area contributed by atoms with Gasteiger partial charge < -0.3 is 5.32 Å². The maximum atomic E-state index is 11.8. The molecule has 1 atom stereocenters. The van der Waals surface area contributed by atoms with Gasteiger partial charge in [0.2, 0.25) is 0 Å². The minimum absolute atomic E-state index is 0.0982. The Bertz CT molecular complexity index is 423. The zero-order chi connectivity index (χ0) is 12.1. The second-order valence-corrected chi connectivity index (χ2v) is 4.75. The number of amides is 1. The van der Waals surface area contributed by atoms with Gasteiger partial charge in [0.25, 0.3) is 5.91 Å². The van der Waals surface area contributed by atoms with Gasteiger partial charge in [0.05, 0.1) is 6.07 Å². The summed E-state index contributed by atoms with van der Waals surface area (Å²) in [7, 11) is 0. The fourth-order valence-corrected chi connectivity index (χ4v) is 1.60. The molecule has 0 saturated heterocycles. The molecule has 4 heteroatoms. The van der Waals surface area contributed by atoms with Crippen molar-refractivity contribution in [2.45, 2.75) is 19.9 Å². The third-order valence-corrected chi connectivity index (χ3v) is 2.67. The number of carbonyl (C=O) groups is 1. The van der Waals surface area contributed by atoms with Crippen LogP contribution >= 0.6 is 15.9 Å². The maximum Gasteiger partial charge on any atom is 0.252 e. The smallest absolute Gasteiger partial charge is 0.252 e. The lowest BCUT2D eigenvalue weighted by Gasteiger charge is -2.14. The third-order valence-electron chi connectivity index (χ3n) is 2.18.